The highest BCUT2D eigenvalue weighted by Gasteiger charge is 2.34. The van der Waals surface area contributed by atoms with Crippen LogP contribution in [0, 0.1) is 11.5 Å². The zero-order valence-corrected chi connectivity index (χ0v) is 26.4. The second kappa shape index (κ2) is 19.5. The van der Waals surface area contributed by atoms with Gasteiger partial charge in [0.25, 0.3) is 0 Å². The lowest BCUT2D eigenvalue weighted by atomic mass is 9.94. The average molecular weight is 620 g/mol. The Morgan fingerprint density at radius 3 is 1.80 bits per heavy atom. The Morgan fingerprint density at radius 2 is 1.24 bits per heavy atom. The molecule has 4 nitrogen and oxygen atoms in total. The van der Waals surface area contributed by atoms with Crippen LogP contribution in [-0.4, -0.2) is 30.2 Å². The van der Waals surface area contributed by atoms with Crippen molar-refractivity contribution < 1.29 is 9.47 Å². The summed E-state index contributed by atoms with van der Waals surface area (Å²) < 4.78 is 13.4. The second-order valence-corrected chi connectivity index (χ2v) is 11.9. The van der Waals surface area contributed by atoms with Crippen molar-refractivity contribution in [1.29, 1.82) is 5.26 Å². The maximum Gasteiger partial charge on any atom is 0.179 e. The summed E-state index contributed by atoms with van der Waals surface area (Å²) in [7, 11) is 1.91. The normalized spacial score (nSPS) is 14.1. The van der Waals surface area contributed by atoms with Gasteiger partial charge in [-0.05, 0) is 29.5 Å². The molecule has 0 aromatic heterocycles. The molecular formula is C36H47BrN2O2. The molecule has 4 atom stereocenters. The van der Waals surface area contributed by atoms with E-state index in [9.17, 15) is 5.26 Å². The van der Waals surface area contributed by atoms with Gasteiger partial charge in [-0.3, -0.25) is 0 Å². The third-order valence-electron chi connectivity index (χ3n) is 7.72. The van der Waals surface area contributed by atoms with E-state index < -0.39 is 0 Å². The van der Waals surface area contributed by atoms with Crippen LogP contribution in [0.2, 0.25) is 0 Å². The molecule has 3 aromatic carbocycles. The number of nitriles is 1. The van der Waals surface area contributed by atoms with Gasteiger partial charge in [0, 0.05) is 13.1 Å². The van der Waals surface area contributed by atoms with Crippen LogP contribution in [0.25, 0.3) is 0 Å². The summed E-state index contributed by atoms with van der Waals surface area (Å²) in [6, 6.07) is 31.1. The molecule has 220 valence electrons. The van der Waals surface area contributed by atoms with Crippen molar-refractivity contribution in [2.75, 3.05) is 7.05 Å². The second-order valence-electron chi connectivity index (χ2n) is 10.9. The fourth-order valence-corrected chi connectivity index (χ4v) is 6.00. The number of nitrogens with zero attached hydrogens (tertiary/aromatic N) is 2. The number of ether oxygens (including phenoxy) is 2. The molecule has 3 rings (SSSR count). The molecule has 0 aliphatic heterocycles. The van der Waals surface area contributed by atoms with E-state index >= 15 is 0 Å². The third kappa shape index (κ3) is 12.0. The minimum atomic E-state index is -0.259. The van der Waals surface area contributed by atoms with E-state index in [0.717, 1.165) is 29.5 Å². The predicted octanol–water partition coefficient (Wildman–Crippen LogP) is 9.61. The van der Waals surface area contributed by atoms with Gasteiger partial charge in [-0.15, -0.1) is 0 Å². The van der Waals surface area contributed by atoms with Crippen LogP contribution in [0.15, 0.2) is 91.0 Å². The van der Waals surface area contributed by atoms with E-state index in [4.69, 9.17) is 9.47 Å². The summed E-state index contributed by atoms with van der Waals surface area (Å²) >= 11 is 4.01. The maximum atomic E-state index is 9.90. The van der Waals surface area contributed by atoms with Crippen molar-refractivity contribution in [3.63, 3.8) is 0 Å². The zero-order valence-electron chi connectivity index (χ0n) is 24.8. The number of benzene rings is 3. The number of hydrogen-bond donors (Lipinski definition) is 0. The van der Waals surface area contributed by atoms with Crippen molar-refractivity contribution in [3.05, 3.63) is 108 Å². The first-order valence-corrected chi connectivity index (χ1v) is 16.2. The van der Waals surface area contributed by atoms with Gasteiger partial charge in [-0.1, -0.05) is 159 Å². The standard InChI is InChI=1S/C36H47BrN2O2/c1-3-4-5-6-7-8-18-25-33(39(2)29-38)26-34(40-27-30-19-12-9-13-20-30)36(35(37)32-23-16-11-17-24-32)41-28-31-21-14-10-15-22-31/h9-17,19-24,33-36H,3-8,18,25-28H2,1-2H3/t33-,34-,35-,36-/m0/s1. The van der Waals surface area contributed by atoms with Crippen molar-refractivity contribution >= 4 is 15.9 Å². The summed E-state index contributed by atoms with van der Waals surface area (Å²) in [5.41, 5.74) is 3.40. The molecule has 3 aromatic rings. The van der Waals surface area contributed by atoms with E-state index in [-0.39, 0.29) is 23.1 Å². The fourth-order valence-electron chi connectivity index (χ4n) is 5.20. The quantitative estimate of drug-likeness (QED) is 0.0547. The van der Waals surface area contributed by atoms with Gasteiger partial charge in [0.2, 0.25) is 0 Å². The molecule has 0 saturated carbocycles. The number of alkyl halides is 1. The summed E-state index contributed by atoms with van der Waals surface area (Å²) in [6.45, 7) is 3.23. The van der Waals surface area contributed by atoms with Gasteiger partial charge < -0.3 is 14.4 Å². The molecule has 0 saturated heterocycles. The first-order valence-electron chi connectivity index (χ1n) is 15.2. The first kappa shape index (κ1) is 32.9. The largest absolute Gasteiger partial charge is 0.371 e. The molecule has 0 heterocycles. The number of unbranched alkanes of at least 4 members (excludes halogenated alkanes) is 6. The molecule has 0 spiro atoms. The molecule has 0 radical (unpaired) electrons. The highest BCUT2D eigenvalue weighted by atomic mass is 79.9. The monoisotopic (exact) mass is 618 g/mol. The smallest absolute Gasteiger partial charge is 0.179 e. The van der Waals surface area contributed by atoms with E-state index in [1.165, 1.54) is 38.5 Å². The molecule has 5 heteroatoms. The minimum absolute atomic E-state index is 0.0696. The Kier molecular flexibility index (Phi) is 15.6. The van der Waals surface area contributed by atoms with Crippen LogP contribution in [0.1, 0.15) is 86.2 Å². The van der Waals surface area contributed by atoms with Gasteiger partial charge in [0.05, 0.1) is 24.1 Å². The highest BCUT2D eigenvalue weighted by molar-refractivity contribution is 9.09. The maximum absolute atomic E-state index is 9.90. The van der Waals surface area contributed by atoms with Gasteiger partial charge in [-0.2, -0.15) is 5.26 Å². The van der Waals surface area contributed by atoms with Gasteiger partial charge in [0.15, 0.2) is 6.19 Å². The third-order valence-corrected chi connectivity index (χ3v) is 8.77. The molecule has 41 heavy (non-hydrogen) atoms. The Labute approximate surface area is 256 Å². The van der Waals surface area contributed by atoms with E-state index in [1.807, 2.05) is 54.4 Å². The zero-order chi connectivity index (χ0) is 29.1. The Bertz CT molecular complexity index is 1110. The van der Waals surface area contributed by atoms with E-state index in [2.05, 4.69) is 77.6 Å². The molecule has 0 fully saturated rings. The molecule has 0 bridgehead atoms. The number of halogens is 1. The number of hydrogen-bond acceptors (Lipinski definition) is 4. The average Bonchev–Trinajstić information content (AvgIpc) is 3.03. The minimum Gasteiger partial charge on any atom is -0.371 e. The molecule has 0 amide bonds. The summed E-state index contributed by atoms with van der Waals surface area (Å²) in [5, 5.41) is 9.90. The molecule has 0 N–H and O–H groups in total. The van der Waals surface area contributed by atoms with Crippen LogP contribution in [0.4, 0.5) is 0 Å². The van der Waals surface area contributed by atoms with Crippen LogP contribution in [0.5, 0.6) is 0 Å². The van der Waals surface area contributed by atoms with E-state index in [1.54, 1.807) is 0 Å². The molecule has 0 aliphatic carbocycles. The Balaban J connectivity index is 1.81. The van der Waals surface area contributed by atoms with Crippen molar-refractivity contribution in [2.24, 2.45) is 0 Å². The van der Waals surface area contributed by atoms with Crippen molar-refractivity contribution in [2.45, 2.75) is 101 Å². The van der Waals surface area contributed by atoms with Crippen LogP contribution >= 0.6 is 15.9 Å². The summed E-state index contributed by atoms with van der Waals surface area (Å²) in [4.78, 5) is 1.75. The molecule has 0 unspecified atom stereocenters. The lowest BCUT2D eigenvalue weighted by molar-refractivity contribution is -0.0947. The van der Waals surface area contributed by atoms with Crippen LogP contribution < -0.4 is 0 Å². The summed E-state index contributed by atoms with van der Waals surface area (Å²) in [5.74, 6) is 0. The summed E-state index contributed by atoms with van der Waals surface area (Å²) in [6.07, 6.45) is 12.4. The van der Waals surface area contributed by atoms with Crippen LogP contribution in [0.3, 0.4) is 0 Å². The molecular weight excluding hydrogens is 572 g/mol. The lowest BCUT2D eigenvalue weighted by Gasteiger charge is -2.35. The lowest BCUT2D eigenvalue weighted by Crippen LogP contribution is -2.41. The van der Waals surface area contributed by atoms with E-state index in [0.29, 0.717) is 19.6 Å². The topological polar surface area (TPSA) is 45.5 Å². The Morgan fingerprint density at radius 1 is 0.732 bits per heavy atom. The first-order chi connectivity index (χ1) is 20.1. The fraction of sp³-hybridized carbons (Fsp3) is 0.472. The Hall–Kier alpha value is -2.65. The van der Waals surface area contributed by atoms with Crippen LogP contribution in [-0.2, 0) is 22.7 Å². The van der Waals surface area contributed by atoms with Crippen molar-refractivity contribution in [1.82, 2.24) is 4.90 Å². The number of rotatable bonds is 20. The SMILES string of the molecule is CCCCCCCCC[C@@H](C[C@H](OCc1ccccc1)[C@H](OCc1ccccc1)[C@@H](Br)c1ccccc1)N(C)C#N. The predicted molar refractivity (Wildman–Crippen MR) is 173 cm³/mol. The molecule has 0 aliphatic rings. The van der Waals surface area contributed by atoms with Gasteiger partial charge >= 0.3 is 0 Å². The van der Waals surface area contributed by atoms with Gasteiger partial charge in [0.1, 0.15) is 6.10 Å². The van der Waals surface area contributed by atoms with Gasteiger partial charge in [-0.25, -0.2) is 0 Å². The highest BCUT2D eigenvalue weighted by Crippen LogP contribution is 2.35. The van der Waals surface area contributed by atoms with Crippen molar-refractivity contribution in [3.8, 4) is 6.19 Å².